The number of nitrogens with one attached hydrogen (secondary N) is 1. The van der Waals surface area contributed by atoms with Gasteiger partial charge >= 0.3 is 5.97 Å². The fourth-order valence-corrected chi connectivity index (χ4v) is 1.48. The van der Waals surface area contributed by atoms with Crippen molar-refractivity contribution in [1.82, 2.24) is 15.0 Å². The number of carboxylic acid groups (broad SMARTS) is 1. The summed E-state index contributed by atoms with van der Waals surface area (Å²) in [6, 6.07) is 3.42. The van der Waals surface area contributed by atoms with Gasteiger partial charge in [0, 0.05) is 5.69 Å². The average Bonchev–Trinajstić information content (AvgIpc) is 2.34. The van der Waals surface area contributed by atoms with Crippen molar-refractivity contribution >= 4 is 17.3 Å². The van der Waals surface area contributed by atoms with Crippen LogP contribution in [-0.4, -0.2) is 26.0 Å². The molecule has 2 rings (SSSR count). The van der Waals surface area contributed by atoms with E-state index >= 15 is 0 Å². The number of pyridine rings is 1. The van der Waals surface area contributed by atoms with E-state index in [2.05, 4.69) is 20.3 Å². The van der Waals surface area contributed by atoms with Gasteiger partial charge in [-0.25, -0.2) is 19.7 Å². The number of hydrogen-bond donors (Lipinski definition) is 2. The highest BCUT2D eigenvalue weighted by Gasteiger charge is 2.13. The SMILES string of the molecule is Cc1ccc(Nc2cncnc2C)c(C(=O)O)n1. The average molecular weight is 244 g/mol. The lowest BCUT2D eigenvalue weighted by molar-refractivity contribution is 0.0691. The standard InChI is InChI=1S/C12H12N4O2/c1-7-3-4-9(11(15-7)12(17)18)16-10-5-13-6-14-8(10)2/h3-6,16H,1-2H3,(H,17,18). The van der Waals surface area contributed by atoms with Crippen molar-refractivity contribution < 1.29 is 9.90 Å². The van der Waals surface area contributed by atoms with Gasteiger partial charge in [0.1, 0.15) is 6.33 Å². The van der Waals surface area contributed by atoms with Crippen LogP contribution in [-0.2, 0) is 0 Å². The maximum atomic E-state index is 11.1. The maximum Gasteiger partial charge on any atom is 0.356 e. The molecule has 0 aliphatic heterocycles. The van der Waals surface area contributed by atoms with Crippen molar-refractivity contribution in [2.75, 3.05) is 5.32 Å². The second-order valence-corrected chi connectivity index (χ2v) is 3.80. The molecule has 0 saturated heterocycles. The van der Waals surface area contributed by atoms with Crippen LogP contribution in [0.15, 0.2) is 24.7 Å². The Morgan fingerprint density at radius 1 is 1.28 bits per heavy atom. The minimum absolute atomic E-state index is 0.0155. The Kier molecular flexibility index (Phi) is 3.18. The second-order valence-electron chi connectivity index (χ2n) is 3.80. The third-order valence-electron chi connectivity index (χ3n) is 2.42. The van der Waals surface area contributed by atoms with Crippen LogP contribution in [0, 0.1) is 13.8 Å². The zero-order valence-corrected chi connectivity index (χ0v) is 10.0. The van der Waals surface area contributed by atoms with Crippen molar-refractivity contribution in [3.8, 4) is 0 Å². The molecule has 0 amide bonds. The van der Waals surface area contributed by atoms with Crippen molar-refractivity contribution in [3.63, 3.8) is 0 Å². The first-order valence-corrected chi connectivity index (χ1v) is 5.32. The van der Waals surface area contributed by atoms with Crippen LogP contribution < -0.4 is 5.32 Å². The van der Waals surface area contributed by atoms with Gasteiger partial charge < -0.3 is 10.4 Å². The summed E-state index contributed by atoms with van der Waals surface area (Å²) in [4.78, 5) is 23.0. The van der Waals surface area contributed by atoms with E-state index in [9.17, 15) is 4.79 Å². The van der Waals surface area contributed by atoms with Gasteiger partial charge in [0.25, 0.3) is 0 Å². The molecule has 2 N–H and O–H groups in total. The molecular formula is C12H12N4O2. The third kappa shape index (κ3) is 2.42. The van der Waals surface area contributed by atoms with E-state index in [1.54, 1.807) is 25.3 Å². The maximum absolute atomic E-state index is 11.1. The van der Waals surface area contributed by atoms with E-state index in [1.807, 2.05) is 6.92 Å². The minimum Gasteiger partial charge on any atom is -0.476 e. The van der Waals surface area contributed by atoms with Crippen molar-refractivity contribution in [2.24, 2.45) is 0 Å². The van der Waals surface area contributed by atoms with Gasteiger partial charge in [-0.3, -0.25) is 0 Å². The van der Waals surface area contributed by atoms with Gasteiger partial charge in [-0.2, -0.15) is 0 Å². The van der Waals surface area contributed by atoms with E-state index in [1.165, 1.54) is 6.33 Å². The Balaban J connectivity index is 2.41. The van der Waals surface area contributed by atoms with Crippen LogP contribution in [0.25, 0.3) is 0 Å². The molecule has 18 heavy (non-hydrogen) atoms. The lowest BCUT2D eigenvalue weighted by Gasteiger charge is -2.10. The molecule has 0 unspecified atom stereocenters. The van der Waals surface area contributed by atoms with E-state index in [-0.39, 0.29) is 5.69 Å². The predicted molar refractivity (Wildman–Crippen MR) is 66.0 cm³/mol. The number of hydrogen-bond acceptors (Lipinski definition) is 5. The number of rotatable bonds is 3. The van der Waals surface area contributed by atoms with Crippen LogP contribution in [0.5, 0.6) is 0 Å². The zero-order chi connectivity index (χ0) is 13.1. The largest absolute Gasteiger partial charge is 0.476 e. The summed E-state index contributed by atoms with van der Waals surface area (Å²) in [5.41, 5.74) is 2.45. The molecule has 0 radical (unpaired) electrons. The molecule has 2 aromatic heterocycles. The first kappa shape index (κ1) is 12.0. The van der Waals surface area contributed by atoms with Crippen LogP contribution in [0.4, 0.5) is 11.4 Å². The highest BCUT2D eigenvalue weighted by Crippen LogP contribution is 2.21. The molecule has 0 bridgehead atoms. The first-order chi connectivity index (χ1) is 8.58. The summed E-state index contributed by atoms with van der Waals surface area (Å²) in [7, 11) is 0. The monoisotopic (exact) mass is 244 g/mol. The molecule has 0 aliphatic carbocycles. The van der Waals surface area contributed by atoms with Crippen molar-refractivity contribution in [3.05, 3.63) is 41.7 Å². The van der Waals surface area contributed by atoms with Gasteiger partial charge in [0.2, 0.25) is 0 Å². The summed E-state index contributed by atoms with van der Waals surface area (Å²) in [5, 5.41) is 12.1. The lowest BCUT2D eigenvalue weighted by Crippen LogP contribution is -2.07. The Bertz CT molecular complexity index is 598. The number of anilines is 2. The number of aryl methyl sites for hydroxylation is 2. The van der Waals surface area contributed by atoms with Gasteiger partial charge in [-0.1, -0.05) is 0 Å². The van der Waals surface area contributed by atoms with Gasteiger partial charge in [-0.05, 0) is 26.0 Å². The molecule has 2 aromatic rings. The first-order valence-electron chi connectivity index (χ1n) is 5.32. The summed E-state index contributed by atoms with van der Waals surface area (Å²) in [5.74, 6) is -1.07. The summed E-state index contributed by atoms with van der Waals surface area (Å²) in [6.07, 6.45) is 3.03. The quantitative estimate of drug-likeness (QED) is 0.857. The van der Waals surface area contributed by atoms with Gasteiger partial charge in [0.15, 0.2) is 5.69 Å². The van der Waals surface area contributed by atoms with Crippen LogP contribution >= 0.6 is 0 Å². The zero-order valence-electron chi connectivity index (χ0n) is 10.0. The fourth-order valence-electron chi connectivity index (χ4n) is 1.48. The van der Waals surface area contributed by atoms with Crippen molar-refractivity contribution in [2.45, 2.75) is 13.8 Å². The van der Waals surface area contributed by atoms with E-state index in [0.717, 1.165) is 5.69 Å². The molecule has 0 aromatic carbocycles. The van der Waals surface area contributed by atoms with E-state index in [0.29, 0.717) is 17.1 Å². The Morgan fingerprint density at radius 3 is 2.72 bits per heavy atom. The fraction of sp³-hybridized carbons (Fsp3) is 0.167. The smallest absolute Gasteiger partial charge is 0.356 e. The molecule has 92 valence electrons. The van der Waals surface area contributed by atoms with Gasteiger partial charge in [-0.15, -0.1) is 0 Å². The highest BCUT2D eigenvalue weighted by molar-refractivity contribution is 5.93. The summed E-state index contributed by atoms with van der Waals surface area (Å²) in [6.45, 7) is 3.55. The molecule has 0 saturated carbocycles. The lowest BCUT2D eigenvalue weighted by atomic mass is 10.2. The Labute approximate surface area is 104 Å². The molecule has 6 heteroatoms. The van der Waals surface area contributed by atoms with E-state index < -0.39 is 5.97 Å². The summed E-state index contributed by atoms with van der Waals surface area (Å²) >= 11 is 0. The topological polar surface area (TPSA) is 88.0 Å². The molecule has 6 nitrogen and oxygen atoms in total. The number of aromatic carboxylic acids is 1. The van der Waals surface area contributed by atoms with Gasteiger partial charge in [0.05, 0.1) is 23.3 Å². The van der Waals surface area contributed by atoms with Crippen LogP contribution in [0.3, 0.4) is 0 Å². The number of nitrogens with zero attached hydrogens (tertiary/aromatic N) is 3. The third-order valence-corrected chi connectivity index (χ3v) is 2.42. The molecule has 0 spiro atoms. The van der Waals surface area contributed by atoms with Crippen LogP contribution in [0.2, 0.25) is 0 Å². The molecule has 0 atom stereocenters. The molecule has 0 fully saturated rings. The van der Waals surface area contributed by atoms with E-state index in [4.69, 9.17) is 5.11 Å². The summed E-state index contributed by atoms with van der Waals surface area (Å²) < 4.78 is 0. The second kappa shape index (κ2) is 4.79. The number of aromatic nitrogens is 3. The molecule has 0 aliphatic rings. The Hall–Kier alpha value is -2.50. The number of carboxylic acids is 1. The normalized spacial score (nSPS) is 10.1. The molecule has 2 heterocycles. The number of carbonyl (C=O) groups is 1. The predicted octanol–water partition coefficient (Wildman–Crippen LogP) is 1.93. The van der Waals surface area contributed by atoms with Crippen molar-refractivity contribution in [1.29, 1.82) is 0 Å². The Morgan fingerprint density at radius 2 is 2.06 bits per heavy atom. The highest BCUT2D eigenvalue weighted by atomic mass is 16.4. The minimum atomic E-state index is -1.07. The molecular weight excluding hydrogens is 232 g/mol. The van der Waals surface area contributed by atoms with Crippen LogP contribution in [0.1, 0.15) is 21.9 Å².